The zero-order valence-corrected chi connectivity index (χ0v) is 17.5. The highest BCUT2D eigenvalue weighted by Crippen LogP contribution is 2.66. The van der Waals surface area contributed by atoms with Gasteiger partial charge in [0.1, 0.15) is 12.2 Å². The highest BCUT2D eigenvalue weighted by atomic mass is 16.5. The summed E-state index contributed by atoms with van der Waals surface area (Å²) in [5.74, 6) is 2.69. The molecule has 4 aliphatic rings. The quantitative estimate of drug-likeness (QED) is 0.644. The lowest BCUT2D eigenvalue weighted by atomic mass is 9.45. The van der Waals surface area contributed by atoms with Gasteiger partial charge in [0.05, 0.1) is 0 Å². The van der Waals surface area contributed by atoms with Crippen LogP contribution in [-0.2, 0) is 19.1 Å². The maximum Gasteiger partial charge on any atom is 0.302 e. The van der Waals surface area contributed by atoms with Crippen molar-refractivity contribution in [2.75, 3.05) is 0 Å². The van der Waals surface area contributed by atoms with Gasteiger partial charge in [-0.25, -0.2) is 0 Å². The molecule has 0 aliphatic heterocycles. The number of ether oxygens (including phenoxy) is 2. The molecule has 0 heterocycles. The van der Waals surface area contributed by atoms with Crippen molar-refractivity contribution < 1.29 is 19.1 Å². The third-order valence-electron chi connectivity index (χ3n) is 9.17. The van der Waals surface area contributed by atoms with E-state index in [1.165, 1.54) is 45.4 Å². The van der Waals surface area contributed by atoms with E-state index in [4.69, 9.17) is 9.47 Å². The van der Waals surface area contributed by atoms with Crippen molar-refractivity contribution in [2.24, 2.45) is 34.5 Å². The Morgan fingerprint density at radius 1 is 0.778 bits per heavy atom. The number of hydrogen-bond donors (Lipinski definition) is 0. The van der Waals surface area contributed by atoms with Crippen LogP contribution in [0, 0.1) is 34.5 Å². The van der Waals surface area contributed by atoms with E-state index in [1.807, 2.05) is 0 Å². The van der Waals surface area contributed by atoms with Crippen LogP contribution in [-0.4, -0.2) is 24.1 Å². The van der Waals surface area contributed by atoms with Crippen molar-refractivity contribution in [3.8, 4) is 0 Å². The van der Waals surface area contributed by atoms with Crippen molar-refractivity contribution in [3.05, 3.63) is 0 Å². The number of rotatable bonds is 2. The Labute approximate surface area is 163 Å². The van der Waals surface area contributed by atoms with E-state index in [-0.39, 0.29) is 29.6 Å². The lowest BCUT2D eigenvalue weighted by molar-refractivity contribution is -0.167. The first-order valence-electron chi connectivity index (χ1n) is 11.1. The van der Waals surface area contributed by atoms with Gasteiger partial charge in [0.25, 0.3) is 0 Å². The minimum atomic E-state index is -0.131. The number of carbonyl (C=O) groups excluding carboxylic acids is 2. The minimum Gasteiger partial charge on any atom is -0.463 e. The number of carbonyl (C=O) groups is 2. The van der Waals surface area contributed by atoms with Crippen LogP contribution < -0.4 is 0 Å². The molecule has 4 fully saturated rings. The molecule has 0 N–H and O–H groups in total. The standard InChI is InChI=1S/C23H36O4/c1-14(24)26-17-9-11-22(3)16(13-17)5-6-18-19-7-8-21(27-15(2)25)23(19,4)12-10-20(18)22/h16-21H,5-13H2,1-4H3/t16-,17?,18-,19-,20-,21-,22-,23-/m0/s1. The molecule has 4 aliphatic carbocycles. The van der Waals surface area contributed by atoms with E-state index in [0.717, 1.165) is 31.1 Å². The largest absolute Gasteiger partial charge is 0.463 e. The van der Waals surface area contributed by atoms with Gasteiger partial charge in [0, 0.05) is 19.3 Å². The molecule has 27 heavy (non-hydrogen) atoms. The lowest BCUT2D eigenvalue weighted by Crippen LogP contribution is -2.54. The molecule has 1 unspecified atom stereocenters. The Hall–Kier alpha value is -1.06. The molecule has 0 amide bonds. The topological polar surface area (TPSA) is 52.6 Å². The van der Waals surface area contributed by atoms with Gasteiger partial charge in [0.15, 0.2) is 0 Å². The molecule has 4 saturated carbocycles. The highest BCUT2D eigenvalue weighted by molar-refractivity contribution is 5.66. The van der Waals surface area contributed by atoms with Crippen LogP contribution in [0.4, 0.5) is 0 Å². The molecule has 0 aromatic carbocycles. The molecule has 152 valence electrons. The average Bonchev–Trinajstić information content (AvgIpc) is 2.91. The molecule has 4 nitrogen and oxygen atoms in total. The average molecular weight is 377 g/mol. The molecule has 0 radical (unpaired) electrons. The second-order valence-corrected chi connectivity index (χ2v) is 10.4. The van der Waals surface area contributed by atoms with Crippen LogP contribution in [0.2, 0.25) is 0 Å². The Balaban J connectivity index is 1.51. The molecule has 8 atom stereocenters. The summed E-state index contributed by atoms with van der Waals surface area (Å²) in [5, 5.41) is 0. The summed E-state index contributed by atoms with van der Waals surface area (Å²) in [6.07, 6.45) is 10.8. The van der Waals surface area contributed by atoms with Gasteiger partial charge in [-0.3, -0.25) is 9.59 Å². The van der Waals surface area contributed by atoms with Gasteiger partial charge in [-0.15, -0.1) is 0 Å². The monoisotopic (exact) mass is 376 g/mol. The van der Waals surface area contributed by atoms with Crippen molar-refractivity contribution >= 4 is 11.9 Å². The molecule has 0 saturated heterocycles. The first-order chi connectivity index (χ1) is 12.7. The van der Waals surface area contributed by atoms with E-state index >= 15 is 0 Å². The van der Waals surface area contributed by atoms with Crippen molar-refractivity contribution in [1.82, 2.24) is 0 Å². The number of fused-ring (bicyclic) bond motifs is 5. The summed E-state index contributed by atoms with van der Waals surface area (Å²) in [4.78, 5) is 23.0. The first kappa shape index (κ1) is 19.3. The van der Waals surface area contributed by atoms with Crippen LogP contribution in [0.3, 0.4) is 0 Å². The maximum atomic E-state index is 11.6. The third-order valence-corrected chi connectivity index (χ3v) is 9.17. The number of hydrogen-bond acceptors (Lipinski definition) is 4. The van der Waals surface area contributed by atoms with Crippen molar-refractivity contribution in [1.29, 1.82) is 0 Å². The smallest absolute Gasteiger partial charge is 0.302 e. The Morgan fingerprint density at radius 2 is 1.44 bits per heavy atom. The van der Waals surface area contributed by atoms with Gasteiger partial charge >= 0.3 is 11.9 Å². The second kappa shape index (κ2) is 6.77. The van der Waals surface area contributed by atoms with E-state index in [0.29, 0.717) is 17.3 Å². The van der Waals surface area contributed by atoms with Crippen LogP contribution in [0.1, 0.15) is 85.5 Å². The first-order valence-corrected chi connectivity index (χ1v) is 11.1. The van der Waals surface area contributed by atoms with E-state index in [9.17, 15) is 9.59 Å². The third kappa shape index (κ3) is 3.11. The Morgan fingerprint density at radius 3 is 2.15 bits per heavy atom. The zero-order valence-electron chi connectivity index (χ0n) is 17.5. The Kier molecular flexibility index (Phi) is 4.83. The molecule has 4 heteroatoms. The molecule has 0 bridgehead atoms. The molecule has 4 rings (SSSR count). The van der Waals surface area contributed by atoms with Crippen LogP contribution in [0.5, 0.6) is 0 Å². The summed E-state index contributed by atoms with van der Waals surface area (Å²) < 4.78 is 11.3. The van der Waals surface area contributed by atoms with Gasteiger partial charge in [-0.1, -0.05) is 13.8 Å². The molecular weight excluding hydrogens is 340 g/mol. The van der Waals surface area contributed by atoms with Gasteiger partial charge < -0.3 is 9.47 Å². The van der Waals surface area contributed by atoms with E-state index < -0.39 is 0 Å². The summed E-state index contributed by atoms with van der Waals surface area (Å²) >= 11 is 0. The fraction of sp³-hybridized carbons (Fsp3) is 0.913. The predicted molar refractivity (Wildman–Crippen MR) is 103 cm³/mol. The minimum absolute atomic E-state index is 0.117. The van der Waals surface area contributed by atoms with E-state index in [1.54, 1.807) is 6.92 Å². The summed E-state index contributed by atoms with van der Waals surface area (Å²) in [6.45, 7) is 8.00. The summed E-state index contributed by atoms with van der Waals surface area (Å²) in [7, 11) is 0. The van der Waals surface area contributed by atoms with Crippen LogP contribution in [0.25, 0.3) is 0 Å². The van der Waals surface area contributed by atoms with Gasteiger partial charge in [0.2, 0.25) is 0 Å². The summed E-state index contributed by atoms with van der Waals surface area (Å²) in [5.41, 5.74) is 0.561. The van der Waals surface area contributed by atoms with Crippen LogP contribution >= 0.6 is 0 Å². The van der Waals surface area contributed by atoms with Crippen molar-refractivity contribution in [3.63, 3.8) is 0 Å². The SMILES string of the molecule is CC(=O)OC1CC[C@@]2(C)[C@@H](CC[C@@H]3[C@@H]2CC[C@]2(C)[C@@H](OC(C)=O)CC[C@@H]32)C1. The highest BCUT2D eigenvalue weighted by Gasteiger charge is 2.61. The second-order valence-electron chi connectivity index (χ2n) is 10.4. The van der Waals surface area contributed by atoms with Crippen molar-refractivity contribution in [2.45, 2.75) is 97.7 Å². The zero-order chi connectivity index (χ0) is 19.4. The normalized spacial score (nSPS) is 48.7. The molecule has 0 spiro atoms. The molecule has 0 aromatic heterocycles. The number of esters is 2. The molecule has 0 aromatic rings. The Bertz CT molecular complexity index is 615. The fourth-order valence-corrected chi connectivity index (χ4v) is 7.91. The summed E-state index contributed by atoms with van der Waals surface area (Å²) in [6, 6.07) is 0. The molecular formula is C23H36O4. The van der Waals surface area contributed by atoms with Gasteiger partial charge in [-0.05, 0) is 86.9 Å². The van der Waals surface area contributed by atoms with Crippen LogP contribution in [0.15, 0.2) is 0 Å². The van der Waals surface area contributed by atoms with Gasteiger partial charge in [-0.2, -0.15) is 0 Å². The predicted octanol–water partition coefficient (Wildman–Crippen LogP) is 4.89. The lowest BCUT2D eigenvalue weighted by Gasteiger charge is -2.60. The fourth-order valence-electron chi connectivity index (χ4n) is 7.91. The maximum absolute atomic E-state index is 11.6. The van der Waals surface area contributed by atoms with E-state index in [2.05, 4.69) is 13.8 Å².